The van der Waals surface area contributed by atoms with Gasteiger partial charge in [0.05, 0.1) is 0 Å². The number of aliphatic carboxylic acids is 1. The van der Waals surface area contributed by atoms with Crippen LogP contribution in [0.1, 0.15) is 24.3 Å². The highest BCUT2D eigenvalue weighted by Crippen LogP contribution is 2.21. The minimum Gasteiger partial charge on any atom is -0.617 e. The molecule has 5 heteroatoms. The molecule has 4 nitrogen and oxygen atoms in total. The molecule has 0 amide bonds. The average Bonchev–Trinajstić information content (AvgIpc) is 2.63. The molecule has 2 aromatic rings. The highest BCUT2D eigenvalue weighted by Gasteiger charge is 2.14. The summed E-state index contributed by atoms with van der Waals surface area (Å²) in [5, 5.41) is 21.1. The molecule has 1 aromatic heterocycles. The minimum atomic E-state index is -0.781. The summed E-state index contributed by atoms with van der Waals surface area (Å²) in [4.78, 5) is 10.4. The summed E-state index contributed by atoms with van der Waals surface area (Å²) < 4.78 is 1.94. The molecule has 0 saturated heterocycles. The lowest BCUT2D eigenvalue weighted by molar-refractivity contribution is -0.580. The SMILES string of the molecule is O=C(O)CCCCc1sc2ccccc2[n+]1[O-]. The van der Waals surface area contributed by atoms with Crippen LogP contribution < -0.4 is 4.73 Å². The number of rotatable bonds is 5. The van der Waals surface area contributed by atoms with Crippen molar-refractivity contribution in [1.29, 1.82) is 0 Å². The van der Waals surface area contributed by atoms with Gasteiger partial charge in [0.15, 0.2) is 0 Å². The third-order valence-electron chi connectivity index (χ3n) is 2.57. The van der Waals surface area contributed by atoms with E-state index in [9.17, 15) is 10.0 Å². The van der Waals surface area contributed by atoms with Crippen LogP contribution in [0, 0.1) is 5.21 Å². The molecule has 0 saturated carbocycles. The van der Waals surface area contributed by atoms with Gasteiger partial charge in [0, 0.05) is 18.9 Å². The molecule has 1 N–H and O–H groups in total. The number of carboxylic acids is 1. The first-order valence-corrected chi connectivity index (χ1v) is 6.32. The van der Waals surface area contributed by atoms with Gasteiger partial charge in [-0.3, -0.25) is 4.79 Å². The van der Waals surface area contributed by atoms with E-state index in [1.807, 2.05) is 18.2 Å². The fraction of sp³-hybridized carbons (Fsp3) is 0.333. The number of nitrogens with zero attached hydrogens (tertiary/aromatic N) is 1. The summed E-state index contributed by atoms with van der Waals surface area (Å²) in [6.45, 7) is 0. The van der Waals surface area contributed by atoms with Crippen molar-refractivity contribution in [2.45, 2.75) is 25.7 Å². The summed E-state index contributed by atoms with van der Waals surface area (Å²) in [7, 11) is 0. The molecule has 2 rings (SSSR count). The van der Waals surface area contributed by atoms with Gasteiger partial charge >= 0.3 is 5.97 Å². The first-order valence-electron chi connectivity index (χ1n) is 5.50. The molecule has 0 aliphatic heterocycles. The Hall–Kier alpha value is -1.62. The summed E-state index contributed by atoms with van der Waals surface area (Å²) in [6.07, 6.45) is 2.17. The van der Waals surface area contributed by atoms with E-state index in [0.717, 1.165) is 20.9 Å². The Morgan fingerprint density at radius 1 is 1.35 bits per heavy atom. The van der Waals surface area contributed by atoms with Gasteiger partial charge < -0.3 is 10.3 Å². The Balaban J connectivity index is 2.04. The number of hydrogen-bond donors (Lipinski definition) is 1. The van der Waals surface area contributed by atoms with Gasteiger partial charge in [0.25, 0.3) is 0 Å². The Bertz CT molecular complexity index is 536. The molecule has 0 aliphatic carbocycles. The monoisotopic (exact) mass is 251 g/mol. The zero-order valence-corrected chi connectivity index (χ0v) is 10.1. The second-order valence-corrected chi connectivity index (χ2v) is 4.97. The van der Waals surface area contributed by atoms with E-state index in [-0.39, 0.29) is 6.42 Å². The molecule has 0 atom stereocenters. The summed E-state index contributed by atoms with van der Waals surface area (Å²) in [5.41, 5.74) is 0.700. The largest absolute Gasteiger partial charge is 0.617 e. The zero-order valence-electron chi connectivity index (χ0n) is 9.26. The van der Waals surface area contributed by atoms with Crippen molar-refractivity contribution in [1.82, 2.24) is 0 Å². The van der Waals surface area contributed by atoms with Gasteiger partial charge in [-0.15, -0.1) is 0 Å². The van der Waals surface area contributed by atoms with Crippen LogP contribution in [0.2, 0.25) is 0 Å². The van der Waals surface area contributed by atoms with Crippen molar-refractivity contribution in [2.75, 3.05) is 0 Å². The number of hydrogen-bond acceptors (Lipinski definition) is 3. The van der Waals surface area contributed by atoms with Crippen LogP contribution in [0.25, 0.3) is 10.2 Å². The number of benzene rings is 1. The lowest BCUT2D eigenvalue weighted by Gasteiger charge is -1.98. The second-order valence-electron chi connectivity index (χ2n) is 3.86. The minimum absolute atomic E-state index is 0.170. The zero-order chi connectivity index (χ0) is 12.3. The van der Waals surface area contributed by atoms with Crippen LogP contribution >= 0.6 is 11.3 Å². The van der Waals surface area contributed by atoms with E-state index in [4.69, 9.17) is 5.11 Å². The molecular weight excluding hydrogens is 238 g/mol. The summed E-state index contributed by atoms with van der Waals surface area (Å²) >= 11 is 1.49. The van der Waals surface area contributed by atoms with Crippen molar-refractivity contribution in [3.63, 3.8) is 0 Å². The van der Waals surface area contributed by atoms with Gasteiger partial charge in [-0.1, -0.05) is 23.5 Å². The highest BCUT2D eigenvalue weighted by atomic mass is 32.1. The molecule has 0 spiro atoms. The number of carboxylic acid groups (broad SMARTS) is 1. The molecule has 1 aromatic carbocycles. The topological polar surface area (TPSA) is 64.2 Å². The van der Waals surface area contributed by atoms with E-state index in [1.54, 1.807) is 6.07 Å². The van der Waals surface area contributed by atoms with Crippen LogP contribution in [0.4, 0.5) is 0 Å². The second kappa shape index (κ2) is 5.14. The van der Waals surface area contributed by atoms with Crippen LogP contribution in [0.15, 0.2) is 24.3 Å². The number of carbonyl (C=O) groups is 1. The summed E-state index contributed by atoms with van der Waals surface area (Å²) in [5.74, 6) is -0.781. The molecule has 0 fully saturated rings. The van der Waals surface area contributed by atoms with Gasteiger partial charge in [-0.05, 0) is 18.9 Å². The van der Waals surface area contributed by atoms with Gasteiger partial charge in [0.1, 0.15) is 4.70 Å². The molecular formula is C12H13NO3S. The number of unbranched alkanes of at least 4 members (excludes halogenated alkanes) is 1. The third kappa shape index (κ3) is 2.74. The quantitative estimate of drug-likeness (QED) is 0.504. The van der Waals surface area contributed by atoms with Crippen molar-refractivity contribution < 1.29 is 14.6 Å². The first-order chi connectivity index (χ1) is 8.18. The maximum atomic E-state index is 11.9. The van der Waals surface area contributed by atoms with Crippen molar-refractivity contribution >= 4 is 27.5 Å². The fourth-order valence-corrected chi connectivity index (χ4v) is 2.80. The molecule has 1 heterocycles. The Morgan fingerprint density at radius 3 is 2.82 bits per heavy atom. The van der Waals surface area contributed by atoms with Crippen molar-refractivity contribution in [3.8, 4) is 0 Å². The van der Waals surface area contributed by atoms with E-state index < -0.39 is 5.97 Å². The Kier molecular flexibility index (Phi) is 3.58. The molecule has 90 valence electrons. The molecule has 0 radical (unpaired) electrons. The highest BCUT2D eigenvalue weighted by molar-refractivity contribution is 7.18. The van der Waals surface area contributed by atoms with Gasteiger partial charge in [-0.25, -0.2) is 0 Å². The van der Waals surface area contributed by atoms with E-state index in [1.165, 1.54) is 11.3 Å². The van der Waals surface area contributed by atoms with Crippen LogP contribution in [-0.2, 0) is 11.2 Å². The smallest absolute Gasteiger partial charge is 0.303 e. The predicted octanol–water partition coefficient (Wildman–Crippen LogP) is 2.33. The lowest BCUT2D eigenvalue weighted by Crippen LogP contribution is -2.28. The van der Waals surface area contributed by atoms with Gasteiger partial charge in [0.2, 0.25) is 10.5 Å². The lowest BCUT2D eigenvalue weighted by atomic mass is 10.2. The van der Waals surface area contributed by atoms with Crippen LogP contribution in [0.5, 0.6) is 0 Å². The predicted molar refractivity (Wildman–Crippen MR) is 66.0 cm³/mol. The van der Waals surface area contributed by atoms with Crippen LogP contribution in [0.3, 0.4) is 0 Å². The maximum absolute atomic E-state index is 11.9. The average molecular weight is 251 g/mol. The number of aryl methyl sites for hydroxylation is 1. The van der Waals surface area contributed by atoms with E-state index >= 15 is 0 Å². The summed E-state index contributed by atoms with van der Waals surface area (Å²) in [6, 6.07) is 7.49. The Morgan fingerprint density at radius 2 is 2.12 bits per heavy atom. The molecule has 17 heavy (non-hydrogen) atoms. The number of aromatic nitrogens is 1. The maximum Gasteiger partial charge on any atom is 0.303 e. The van der Waals surface area contributed by atoms with Gasteiger partial charge in [-0.2, -0.15) is 4.73 Å². The van der Waals surface area contributed by atoms with Crippen molar-refractivity contribution in [3.05, 3.63) is 34.5 Å². The third-order valence-corrected chi connectivity index (χ3v) is 3.74. The normalized spacial score (nSPS) is 10.8. The molecule has 0 aliphatic rings. The van der Waals surface area contributed by atoms with E-state index in [2.05, 4.69) is 0 Å². The van der Waals surface area contributed by atoms with Crippen molar-refractivity contribution in [2.24, 2.45) is 0 Å². The van der Waals surface area contributed by atoms with Crippen LogP contribution in [-0.4, -0.2) is 11.1 Å². The van der Waals surface area contributed by atoms with E-state index in [0.29, 0.717) is 18.4 Å². The molecule has 0 unspecified atom stereocenters. The number of thiazole rings is 1. The number of para-hydroxylation sites is 1. The fourth-order valence-electron chi connectivity index (χ4n) is 1.72. The first kappa shape index (κ1) is 11.9. The number of fused-ring (bicyclic) bond motifs is 1. The molecule has 0 bridgehead atoms. The standard InChI is InChI=1S/C12H13NO3S/c14-12(15)8-4-3-7-11-13(16)9-5-1-2-6-10(9)17-11/h1-2,5-6H,3-4,7-8H2,(H,14,15). The Labute approximate surface area is 103 Å².